The first-order valence-corrected chi connectivity index (χ1v) is 8.55. The summed E-state index contributed by atoms with van der Waals surface area (Å²) in [5, 5.41) is 8.38. The Labute approximate surface area is 136 Å². The number of rotatable bonds is 13. The molecule has 0 saturated heterocycles. The number of unbranched alkanes of at least 4 members (excludes halogenated alkanes) is 7. The molecule has 0 saturated carbocycles. The van der Waals surface area contributed by atoms with Crippen LogP contribution in [0, 0.1) is 11.3 Å². The summed E-state index contributed by atoms with van der Waals surface area (Å²) in [5.41, 5.74) is 0.397. The van der Waals surface area contributed by atoms with E-state index in [2.05, 4.69) is 13.5 Å². The first-order valence-electron chi connectivity index (χ1n) is 8.55. The van der Waals surface area contributed by atoms with E-state index in [0.29, 0.717) is 12.0 Å². The highest BCUT2D eigenvalue weighted by Gasteiger charge is 2.11. The van der Waals surface area contributed by atoms with Crippen molar-refractivity contribution in [3.8, 4) is 6.07 Å². The van der Waals surface area contributed by atoms with E-state index in [1.165, 1.54) is 51.0 Å². The minimum absolute atomic E-state index is 0.0655. The summed E-state index contributed by atoms with van der Waals surface area (Å²) in [6.07, 6.45) is 14.4. The third-order valence-corrected chi connectivity index (χ3v) is 3.62. The second-order valence-corrected chi connectivity index (χ2v) is 5.82. The highest BCUT2D eigenvalue weighted by atomic mass is 16.5. The van der Waals surface area contributed by atoms with Gasteiger partial charge in [0.1, 0.15) is 0 Å². The zero-order valence-electron chi connectivity index (χ0n) is 14.3. The van der Waals surface area contributed by atoms with Gasteiger partial charge < -0.3 is 4.74 Å². The molecule has 0 rings (SSSR count). The number of carbonyl (C=O) groups excluding carboxylic acids is 1. The van der Waals surface area contributed by atoms with Gasteiger partial charge in [0.2, 0.25) is 0 Å². The molecule has 0 aliphatic heterocycles. The Hall–Kier alpha value is -1.56. The van der Waals surface area contributed by atoms with Crippen molar-refractivity contribution in [2.45, 2.75) is 84.2 Å². The molecule has 0 spiro atoms. The maximum absolute atomic E-state index is 11.7. The molecule has 124 valence electrons. The first-order chi connectivity index (χ1) is 10.6. The number of hydrogen-bond donors (Lipinski definition) is 0. The first kappa shape index (κ1) is 20.4. The molecule has 0 amide bonds. The van der Waals surface area contributed by atoms with Gasteiger partial charge in [0.15, 0.2) is 0 Å². The lowest BCUT2D eigenvalue weighted by atomic mass is 10.1. The van der Waals surface area contributed by atoms with Crippen LogP contribution in [0.2, 0.25) is 0 Å². The second kappa shape index (κ2) is 14.4. The normalized spacial score (nSPS) is 12.0. The van der Waals surface area contributed by atoms with Crippen molar-refractivity contribution in [3.05, 3.63) is 24.3 Å². The van der Waals surface area contributed by atoms with Gasteiger partial charge in [-0.25, -0.2) is 4.79 Å². The molecule has 0 radical (unpaired) electrons. The minimum atomic E-state index is -0.352. The number of allylic oxidation sites excluding steroid dienone is 2. The van der Waals surface area contributed by atoms with Gasteiger partial charge in [-0.05, 0) is 26.2 Å². The molecule has 0 aliphatic carbocycles. The fourth-order valence-electron chi connectivity index (χ4n) is 2.23. The molecular weight excluding hydrogens is 274 g/mol. The Morgan fingerprint density at radius 2 is 1.77 bits per heavy atom. The third-order valence-electron chi connectivity index (χ3n) is 3.62. The molecule has 0 aromatic rings. The maximum Gasteiger partial charge on any atom is 0.333 e. The molecule has 1 unspecified atom stereocenters. The van der Waals surface area contributed by atoms with Gasteiger partial charge in [-0.15, -0.1) is 0 Å². The van der Waals surface area contributed by atoms with E-state index in [1.807, 2.05) is 13.0 Å². The van der Waals surface area contributed by atoms with E-state index in [9.17, 15) is 4.79 Å². The van der Waals surface area contributed by atoms with E-state index in [1.54, 1.807) is 6.08 Å². The van der Waals surface area contributed by atoms with Crippen molar-refractivity contribution in [1.82, 2.24) is 0 Å². The van der Waals surface area contributed by atoms with Gasteiger partial charge in [0.25, 0.3) is 0 Å². The van der Waals surface area contributed by atoms with Crippen LogP contribution in [0.25, 0.3) is 0 Å². The van der Waals surface area contributed by atoms with Gasteiger partial charge in [-0.1, -0.05) is 64.5 Å². The summed E-state index contributed by atoms with van der Waals surface area (Å²) < 4.78 is 5.35. The van der Waals surface area contributed by atoms with Crippen LogP contribution in [0.1, 0.15) is 78.1 Å². The lowest BCUT2D eigenvalue weighted by Gasteiger charge is -2.13. The average molecular weight is 305 g/mol. The van der Waals surface area contributed by atoms with E-state index in [-0.39, 0.29) is 12.1 Å². The number of carbonyl (C=O) groups is 1. The number of ether oxygens (including phenoxy) is 1. The molecular formula is C19H31NO2. The number of hydrogen-bond acceptors (Lipinski definition) is 3. The number of nitrogens with zero attached hydrogens (tertiary/aromatic N) is 1. The Morgan fingerprint density at radius 3 is 2.36 bits per heavy atom. The Balaban J connectivity index is 3.62. The van der Waals surface area contributed by atoms with Crippen molar-refractivity contribution in [1.29, 1.82) is 5.26 Å². The molecule has 0 bridgehead atoms. The lowest BCUT2D eigenvalue weighted by Crippen LogP contribution is -2.16. The van der Waals surface area contributed by atoms with Crippen molar-refractivity contribution in [3.63, 3.8) is 0 Å². The van der Waals surface area contributed by atoms with Crippen molar-refractivity contribution < 1.29 is 9.53 Å². The predicted octanol–water partition coefficient (Wildman–Crippen LogP) is 5.47. The van der Waals surface area contributed by atoms with E-state index < -0.39 is 0 Å². The second-order valence-electron chi connectivity index (χ2n) is 5.82. The fourth-order valence-corrected chi connectivity index (χ4v) is 2.23. The van der Waals surface area contributed by atoms with Crippen LogP contribution in [0.15, 0.2) is 24.3 Å². The van der Waals surface area contributed by atoms with Gasteiger partial charge in [0.05, 0.1) is 12.2 Å². The van der Waals surface area contributed by atoms with Gasteiger partial charge >= 0.3 is 5.97 Å². The highest BCUT2D eigenvalue weighted by molar-refractivity contribution is 5.88. The molecule has 0 aromatic heterocycles. The van der Waals surface area contributed by atoms with Crippen LogP contribution < -0.4 is 0 Å². The van der Waals surface area contributed by atoms with Crippen molar-refractivity contribution in [2.24, 2.45) is 0 Å². The SMILES string of the molecule is C=C(CC=CC#N)C(=O)OC(C)CCCCCCCCCC. The van der Waals surface area contributed by atoms with Crippen LogP contribution in [0.4, 0.5) is 0 Å². The van der Waals surface area contributed by atoms with Crippen LogP contribution in [0.5, 0.6) is 0 Å². The molecule has 0 fully saturated rings. The monoisotopic (exact) mass is 305 g/mol. The topological polar surface area (TPSA) is 50.1 Å². The highest BCUT2D eigenvalue weighted by Crippen LogP contribution is 2.13. The standard InChI is InChI=1S/C19H31NO2/c1-4-5-6-7-8-9-10-11-15-18(3)22-19(21)17(2)14-12-13-16-20/h12-13,18H,2,4-11,14-15H2,1,3H3. The van der Waals surface area contributed by atoms with Crippen LogP contribution >= 0.6 is 0 Å². The third kappa shape index (κ3) is 12.2. The summed E-state index contributed by atoms with van der Waals surface area (Å²) in [6.45, 7) is 7.85. The Bertz CT molecular complexity index is 379. The molecule has 0 heterocycles. The summed E-state index contributed by atoms with van der Waals surface area (Å²) >= 11 is 0. The van der Waals surface area contributed by atoms with E-state index in [4.69, 9.17) is 10.00 Å². The largest absolute Gasteiger partial charge is 0.459 e. The number of esters is 1. The van der Waals surface area contributed by atoms with E-state index >= 15 is 0 Å². The minimum Gasteiger partial charge on any atom is -0.459 e. The summed E-state index contributed by atoms with van der Waals surface area (Å²) in [7, 11) is 0. The van der Waals surface area contributed by atoms with Crippen LogP contribution in [-0.2, 0) is 9.53 Å². The van der Waals surface area contributed by atoms with Gasteiger partial charge in [-0.2, -0.15) is 5.26 Å². The zero-order chi connectivity index (χ0) is 16.6. The summed E-state index contributed by atoms with van der Waals surface area (Å²) in [6, 6.07) is 1.88. The average Bonchev–Trinajstić information content (AvgIpc) is 2.50. The Morgan fingerprint density at radius 1 is 1.18 bits per heavy atom. The lowest BCUT2D eigenvalue weighted by molar-refractivity contribution is -0.143. The Kier molecular flexibility index (Phi) is 13.4. The number of nitriles is 1. The molecule has 1 atom stereocenters. The van der Waals surface area contributed by atoms with Crippen molar-refractivity contribution in [2.75, 3.05) is 0 Å². The van der Waals surface area contributed by atoms with Gasteiger partial charge in [-0.3, -0.25) is 0 Å². The van der Waals surface area contributed by atoms with E-state index in [0.717, 1.165) is 12.8 Å². The molecule has 22 heavy (non-hydrogen) atoms. The summed E-state index contributed by atoms with van der Waals surface area (Å²) in [5.74, 6) is -0.352. The molecule has 3 nitrogen and oxygen atoms in total. The summed E-state index contributed by atoms with van der Waals surface area (Å²) in [4.78, 5) is 11.7. The van der Waals surface area contributed by atoms with Crippen LogP contribution in [0.3, 0.4) is 0 Å². The zero-order valence-corrected chi connectivity index (χ0v) is 14.3. The van der Waals surface area contributed by atoms with Crippen LogP contribution in [-0.4, -0.2) is 12.1 Å². The van der Waals surface area contributed by atoms with Gasteiger partial charge in [0, 0.05) is 11.6 Å². The predicted molar refractivity (Wildman–Crippen MR) is 91.3 cm³/mol. The smallest absolute Gasteiger partial charge is 0.333 e. The quantitative estimate of drug-likeness (QED) is 0.196. The fraction of sp³-hybridized carbons (Fsp3) is 0.684. The van der Waals surface area contributed by atoms with Crippen molar-refractivity contribution >= 4 is 5.97 Å². The maximum atomic E-state index is 11.7. The molecule has 0 aromatic carbocycles. The molecule has 0 aliphatic rings. The molecule has 3 heteroatoms. The molecule has 0 N–H and O–H groups in total.